The number of nitrogens with one attached hydrogen (secondary N) is 1. The van der Waals surface area contributed by atoms with Gasteiger partial charge in [-0.3, -0.25) is 0 Å². The van der Waals surface area contributed by atoms with Crippen LogP contribution in [-0.4, -0.2) is 57.4 Å². The summed E-state index contributed by atoms with van der Waals surface area (Å²) in [4.78, 5) is 17.6. The minimum atomic E-state index is -3.95. The normalized spacial score (nSPS) is 15.0. The molecular weight excluding hydrogens is 466 g/mol. The van der Waals surface area contributed by atoms with Crippen molar-refractivity contribution in [2.45, 2.75) is 38.2 Å². The lowest BCUT2D eigenvalue weighted by atomic mass is 10.1. The van der Waals surface area contributed by atoms with Crippen molar-refractivity contribution in [2.75, 3.05) is 31.1 Å². The monoisotopic (exact) mass is 494 g/mol. The van der Waals surface area contributed by atoms with E-state index in [2.05, 4.69) is 9.93 Å². The van der Waals surface area contributed by atoms with E-state index in [1.54, 1.807) is 37.8 Å². The van der Waals surface area contributed by atoms with Crippen LogP contribution in [0.5, 0.6) is 0 Å². The Kier molecular flexibility index (Phi) is 7.44. The zero-order valence-electron chi connectivity index (χ0n) is 19.5. The van der Waals surface area contributed by atoms with Crippen LogP contribution in [0.1, 0.15) is 31.9 Å². The summed E-state index contributed by atoms with van der Waals surface area (Å²) >= 11 is 0. The van der Waals surface area contributed by atoms with E-state index in [0.717, 1.165) is 17.8 Å². The van der Waals surface area contributed by atoms with E-state index in [1.807, 2.05) is 6.92 Å². The van der Waals surface area contributed by atoms with E-state index in [4.69, 9.17) is 4.74 Å². The smallest absolute Gasteiger partial charge is 0.410 e. The molecule has 0 atom stereocenters. The van der Waals surface area contributed by atoms with Crippen LogP contribution in [0.3, 0.4) is 0 Å². The number of nitrogens with zero attached hydrogens (tertiary/aromatic N) is 3. The third-order valence-electron chi connectivity index (χ3n) is 5.04. The number of aryl methyl sites for hydroxylation is 1. The Hall–Kier alpha value is -3.21. The average Bonchev–Trinajstić information content (AvgIpc) is 2.74. The van der Waals surface area contributed by atoms with Gasteiger partial charge in [-0.2, -0.15) is 13.5 Å². The third kappa shape index (κ3) is 6.43. The number of carbonyl (C=O) groups is 1. The van der Waals surface area contributed by atoms with Gasteiger partial charge in [-0.25, -0.2) is 18.4 Å². The molecule has 184 valence electrons. The van der Waals surface area contributed by atoms with Crippen molar-refractivity contribution in [1.29, 1.82) is 0 Å². The molecule has 1 amide bonds. The third-order valence-corrected chi connectivity index (χ3v) is 6.28. The molecule has 3 rings (SSSR count). The average molecular weight is 495 g/mol. The molecule has 1 fully saturated rings. The fourth-order valence-corrected chi connectivity index (χ4v) is 4.14. The van der Waals surface area contributed by atoms with Gasteiger partial charge in [0, 0.05) is 32.2 Å². The van der Waals surface area contributed by atoms with Crippen molar-refractivity contribution in [2.24, 2.45) is 5.10 Å². The van der Waals surface area contributed by atoms with E-state index in [-0.39, 0.29) is 16.1 Å². The number of halogens is 2. The van der Waals surface area contributed by atoms with Crippen LogP contribution in [0, 0.1) is 18.6 Å². The van der Waals surface area contributed by atoms with Crippen LogP contribution < -0.4 is 9.73 Å². The molecule has 0 bridgehead atoms. The van der Waals surface area contributed by atoms with Gasteiger partial charge in [0.1, 0.15) is 17.2 Å². The van der Waals surface area contributed by atoms with E-state index in [0.29, 0.717) is 32.2 Å². The first-order chi connectivity index (χ1) is 15.9. The van der Waals surface area contributed by atoms with Crippen molar-refractivity contribution >= 4 is 28.0 Å². The Morgan fingerprint density at radius 3 is 2.29 bits per heavy atom. The number of rotatable bonds is 5. The van der Waals surface area contributed by atoms with E-state index in [9.17, 15) is 22.0 Å². The van der Waals surface area contributed by atoms with Gasteiger partial charge in [-0.15, -0.1) is 0 Å². The molecule has 1 aliphatic rings. The minimum Gasteiger partial charge on any atom is -0.444 e. The summed E-state index contributed by atoms with van der Waals surface area (Å²) in [5.74, 6) is -1.66. The predicted molar refractivity (Wildman–Crippen MR) is 125 cm³/mol. The molecule has 34 heavy (non-hydrogen) atoms. The van der Waals surface area contributed by atoms with Crippen molar-refractivity contribution in [3.63, 3.8) is 0 Å². The van der Waals surface area contributed by atoms with Crippen molar-refractivity contribution in [3.8, 4) is 0 Å². The van der Waals surface area contributed by atoms with Crippen LogP contribution in [0.15, 0.2) is 46.4 Å². The van der Waals surface area contributed by atoms with Crippen LogP contribution in [0.4, 0.5) is 19.3 Å². The van der Waals surface area contributed by atoms with Crippen LogP contribution in [-0.2, 0) is 14.8 Å². The molecule has 11 heteroatoms. The number of anilines is 1. The maximum Gasteiger partial charge on any atom is 0.410 e. The highest BCUT2D eigenvalue weighted by atomic mass is 32.2. The second-order valence-corrected chi connectivity index (χ2v) is 10.6. The largest absolute Gasteiger partial charge is 0.444 e. The number of hydrogen-bond acceptors (Lipinski definition) is 6. The summed E-state index contributed by atoms with van der Waals surface area (Å²) in [5, 5.41) is 3.70. The van der Waals surface area contributed by atoms with Gasteiger partial charge in [-0.1, -0.05) is 17.7 Å². The molecule has 1 heterocycles. The van der Waals surface area contributed by atoms with Gasteiger partial charge >= 0.3 is 6.09 Å². The minimum absolute atomic E-state index is 0.00770. The molecule has 0 aromatic heterocycles. The highest BCUT2D eigenvalue weighted by Gasteiger charge is 2.27. The van der Waals surface area contributed by atoms with Crippen molar-refractivity contribution < 1.29 is 26.7 Å². The molecule has 1 N–H and O–H groups in total. The lowest BCUT2D eigenvalue weighted by molar-refractivity contribution is 0.0240. The SMILES string of the molecule is Cc1ccc(S(=O)(=O)N/N=C/c2c(F)cc(F)cc2N2CCN(C(=O)OC(C)(C)C)CC2)cc1. The van der Waals surface area contributed by atoms with Gasteiger partial charge in [0.25, 0.3) is 10.0 Å². The first kappa shape index (κ1) is 25.4. The Morgan fingerprint density at radius 2 is 1.71 bits per heavy atom. The summed E-state index contributed by atoms with van der Waals surface area (Å²) < 4.78 is 58.8. The fraction of sp³-hybridized carbons (Fsp3) is 0.391. The molecule has 0 spiro atoms. The van der Waals surface area contributed by atoms with Gasteiger partial charge in [0.15, 0.2) is 0 Å². The molecule has 0 unspecified atom stereocenters. The Bertz CT molecular complexity index is 1170. The van der Waals surface area contributed by atoms with E-state index >= 15 is 0 Å². The van der Waals surface area contributed by atoms with Crippen LogP contribution in [0.25, 0.3) is 0 Å². The van der Waals surface area contributed by atoms with E-state index < -0.39 is 33.4 Å². The maximum atomic E-state index is 14.6. The Labute approximate surface area is 198 Å². The summed E-state index contributed by atoms with van der Waals surface area (Å²) in [6.45, 7) is 8.34. The number of amides is 1. The van der Waals surface area contributed by atoms with Crippen LogP contribution >= 0.6 is 0 Å². The Balaban J connectivity index is 1.75. The van der Waals surface area contributed by atoms with Gasteiger partial charge in [0.2, 0.25) is 0 Å². The molecule has 2 aromatic rings. The highest BCUT2D eigenvalue weighted by Crippen LogP contribution is 2.25. The number of piperazine rings is 1. The number of benzene rings is 2. The lowest BCUT2D eigenvalue weighted by Crippen LogP contribution is -2.50. The first-order valence-electron chi connectivity index (χ1n) is 10.7. The molecule has 1 aliphatic heterocycles. The highest BCUT2D eigenvalue weighted by molar-refractivity contribution is 7.89. The Morgan fingerprint density at radius 1 is 1.09 bits per heavy atom. The quantitative estimate of drug-likeness (QED) is 0.506. The zero-order valence-corrected chi connectivity index (χ0v) is 20.3. The summed E-state index contributed by atoms with van der Waals surface area (Å²) in [6, 6.07) is 8.01. The molecular formula is C23H28F2N4O4S. The molecule has 0 radical (unpaired) electrons. The standard InChI is InChI=1S/C23H28F2N4O4S/c1-16-5-7-18(8-6-16)34(31,32)27-26-15-19-20(25)13-17(24)14-21(19)28-9-11-29(12-10-28)22(30)33-23(2,3)4/h5-8,13-15,27H,9-12H2,1-4H3/b26-15+. The van der Waals surface area contributed by atoms with Crippen molar-refractivity contribution in [3.05, 3.63) is 59.2 Å². The molecule has 0 aliphatic carbocycles. The number of sulfonamides is 1. The van der Waals surface area contributed by atoms with Crippen molar-refractivity contribution in [1.82, 2.24) is 9.73 Å². The first-order valence-corrected chi connectivity index (χ1v) is 12.2. The predicted octanol–water partition coefficient (Wildman–Crippen LogP) is 3.64. The zero-order chi connectivity index (χ0) is 25.1. The number of ether oxygens (including phenoxy) is 1. The summed E-state index contributed by atoms with van der Waals surface area (Å²) in [5.41, 5.74) is 0.403. The summed E-state index contributed by atoms with van der Waals surface area (Å²) in [7, 11) is -3.95. The van der Waals surface area contributed by atoms with E-state index in [1.165, 1.54) is 17.0 Å². The summed E-state index contributed by atoms with van der Waals surface area (Å²) in [6.07, 6.45) is 0.556. The van der Waals surface area contributed by atoms with Gasteiger partial charge < -0.3 is 14.5 Å². The fourth-order valence-electron chi connectivity index (χ4n) is 3.35. The number of carbonyl (C=O) groups excluding carboxylic acids is 1. The van der Waals surface area contributed by atoms with Gasteiger partial charge in [-0.05, 0) is 45.9 Å². The molecule has 2 aromatic carbocycles. The second kappa shape index (κ2) is 9.96. The maximum absolute atomic E-state index is 14.6. The topological polar surface area (TPSA) is 91.3 Å². The molecule has 0 saturated carbocycles. The van der Waals surface area contributed by atoms with Crippen LogP contribution in [0.2, 0.25) is 0 Å². The molecule has 8 nitrogen and oxygen atoms in total. The number of hydrogen-bond donors (Lipinski definition) is 1. The second-order valence-electron chi connectivity index (χ2n) is 8.94. The number of hydrazone groups is 1. The lowest BCUT2D eigenvalue weighted by Gasteiger charge is -2.37. The van der Waals surface area contributed by atoms with Gasteiger partial charge in [0.05, 0.1) is 22.4 Å². The molecule has 1 saturated heterocycles.